The Morgan fingerprint density at radius 3 is 2.56 bits per heavy atom. The molecule has 8 heteroatoms. The number of para-hydroxylation sites is 1. The fraction of sp³-hybridized carbons (Fsp3) is 0.632. The van der Waals surface area contributed by atoms with Gasteiger partial charge in [-0.3, -0.25) is 4.79 Å². The van der Waals surface area contributed by atoms with Crippen LogP contribution in [0.3, 0.4) is 0 Å². The predicted octanol–water partition coefficient (Wildman–Crippen LogP) is 1.31. The Kier molecular flexibility index (Phi) is 5.79. The molecular formula is C19H29N3O4S. The Morgan fingerprint density at radius 1 is 1.26 bits per heavy atom. The van der Waals surface area contributed by atoms with Crippen molar-refractivity contribution in [2.24, 2.45) is 5.41 Å². The summed E-state index contributed by atoms with van der Waals surface area (Å²) in [5.41, 5.74) is -0.292. The van der Waals surface area contributed by atoms with Crippen molar-refractivity contribution >= 4 is 15.9 Å². The first-order chi connectivity index (χ1) is 12.8. The number of carbonyl (C=O) groups is 1. The molecule has 7 nitrogen and oxygen atoms in total. The molecule has 1 amide bonds. The Bertz CT molecular complexity index is 786. The van der Waals surface area contributed by atoms with Crippen LogP contribution in [0.5, 0.6) is 5.75 Å². The predicted molar refractivity (Wildman–Crippen MR) is 103 cm³/mol. The lowest BCUT2D eigenvalue weighted by molar-refractivity contribution is -0.121. The molecule has 0 aromatic heterocycles. The third-order valence-corrected chi connectivity index (χ3v) is 7.53. The molecule has 0 atom stereocenters. The molecule has 1 aromatic rings. The van der Waals surface area contributed by atoms with Gasteiger partial charge in [-0.05, 0) is 51.9 Å². The maximum absolute atomic E-state index is 13.3. The molecular weight excluding hydrogens is 366 g/mol. The molecule has 0 bridgehead atoms. The van der Waals surface area contributed by atoms with Gasteiger partial charge in [0, 0.05) is 25.0 Å². The van der Waals surface area contributed by atoms with Crippen molar-refractivity contribution in [2.45, 2.75) is 37.6 Å². The van der Waals surface area contributed by atoms with Gasteiger partial charge in [0.1, 0.15) is 10.6 Å². The largest absolute Gasteiger partial charge is 0.492 e. The number of fused-ring (bicyclic) bond motifs is 1. The lowest BCUT2D eigenvalue weighted by Gasteiger charge is -2.45. The summed E-state index contributed by atoms with van der Waals surface area (Å²) in [6, 6.07) is 7.14. The number of likely N-dealkylation sites (N-methyl/N-ethyl adjacent to an activating group) is 1. The van der Waals surface area contributed by atoms with Crippen LogP contribution in [0.25, 0.3) is 0 Å². The highest BCUT2D eigenvalue weighted by atomic mass is 32.2. The summed E-state index contributed by atoms with van der Waals surface area (Å²) in [7, 11) is -2.30. The summed E-state index contributed by atoms with van der Waals surface area (Å²) in [4.78, 5) is 14.6. The second-order valence-electron chi connectivity index (χ2n) is 7.81. The lowest BCUT2D eigenvalue weighted by Crippen LogP contribution is -2.53. The van der Waals surface area contributed by atoms with Gasteiger partial charge < -0.3 is 15.0 Å². The van der Waals surface area contributed by atoms with E-state index in [1.54, 1.807) is 24.3 Å². The zero-order valence-electron chi connectivity index (χ0n) is 16.3. The minimum absolute atomic E-state index is 0.128. The van der Waals surface area contributed by atoms with Crippen molar-refractivity contribution in [1.82, 2.24) is 14.5 Å². The van der Waals surface area contributed by atoms with E-state index in [9.17, 15) is 13.2 Å². The average Bonchev–Trinajstić information content (AvgIpc) is 2.65. The number of hydrogen-bond acceptors (Lipinski definition) is 5. The van der Waals surface area contributed by atoms with Crippen LogP contribution in [-0.2, 0) is 14.8 Å². The Balaban J connectivity index is 1.96. The summed E-state index contributed by atoms with van der Waals surface area (Å²) in [5, 5.41) is 2.54. The van der Waals surface area contributed by atoms with Crippen LogP contribution in [0.4, 0.5) is 0 Å². The van der Waals surface area contributed by atoms with E-state index in [1.807, 2.05) is 0 Å². The molecule has 2 aliphatic rings. The van der Waals surface area contributed by atoms with Crippen LogP contribution < -0.4 is 10.1 Å². The molecule has 27 heavy (non-hydrogen) atoms. The van der Waals surface area contributed by atoms with Crippen molar-refractivity contribution in [3.63, 3.8) is 0 Å². The molecule has 0 unspecified atom stereocenters. The van der Waals surface area contributed by atoms with Gasteiger partial charge >= 0.3 is 0 Å². The third kappa shape index (κ3) is 4.12. The van der Waals surface area contributed by atoms with E-state index >= 15 is 0 Å². The maximum Gasteiger partial charge on any atom is 0.247 e. The number of likely N-dealkylation sites (tertiary alicyclic amines) is 1. The molecule has 1 saturated heterocycles. The van der Waals surface area contributed by atoms with Crippen LogP contribution in [0.1, 0.15) is 26.7 Å². The number of hydrogen-bond donors (Lipinski definition) is 1. The highest BCUT2D eigenvalue weighted by Gasteiger charge is 2.43. The van der Waals surface area contributed by atoms with Crippen molar-refractivity contribution in [3.05, 3.63) is 24.3 Å². The number of benzene rings is 1. The normalized spacial score (nSPS) is 22.5. The summed E-state index contributed by atoms with van der Waals surface area (Å²) in [5.74, 6) is 0.0529. The van der Waals surface area contributed by atoms with E-state index in [1.165, 1.54) is 11.4 Å². The number of sulfonamides is 1. The molecule has 3 rings (SSSR count). The quantitative estimate of drug-likeness (QED) is 0.835. The van der Waals surface area contributed by atoms with Crippen LogP contribution in [0, 0.1) is 5.41 Å². The zero-order chi connectivity index (χ0) is 19.7. The summed E-state index contributed by atoms with van der Waals surface area (Å²) < 4.78 is 33.9. The van der Waals surface area contributed by atoms with Crippen LogP contribution >= 0.6 is 0 Å². The summed E-state index contributed by atoms with van der Waals surface area (Å²) in [6.07, 6.45) is 1.68. The van der Waals surface area contributed by atoms with Crippen LogP contribution in [0.2, 0.25) is 0 Å². The first kappa shape index (κ1) is 20.1. The van der Waals surface area contributed by atoms with Gasteiger partial charge in [-0.15, -0.1) is 0 Å². The fourth-order valence-electron chi connectivity index (χ4n) is 3.85. The van der Waals surface area contributed by atoms with E-state index in [0.717, 1.165) is 25.9 Å². The second kappa shape index (κ2) is 7.77. The van der Waals surface area contributed by atoms with Gasteiger partial charge in [0.05, 0.1) is 13.2 Å². The Morgan fingerprint density at radius 2 is 1.93 bits per heavy atom. The van der Waals surface area contributed by atoms with Gasteiger partial charge in [0.25, 0.3) is 0 Å². The number of carbonyl (C=O) groups excluding carboxylic acids is 1. The smallest absolute Gasteiger partial charge is 0.247 e. The molecule has 1 fully saturated rings. The van der Waals surface area contributed by atoms with Gasteiger partial charge in [0.15, 0.2) is 0 Å². The monoisotopic (exact) mass is 395 g/mol. The van der Waals surface area contributed by atoms with Crippen LogP contribution in [-0.4, -0.2) is 69.4 Å². The minimum Gasteiger partial charge on any atom is -0.492 e. The highest BCUT2D eigenvalue weighted by molar-refractivity contribution is 7.89. The second-order valence-corrected chi connectivity index (χ2v) is 9.72. The van der Waals surface area contributed by atoms with Gasteiger partial charge in [-0.25, -0.2) is 8.42 Å². The zero-order valence-corrected chi connectivity index (χ0v) is 17.1. The van der Waals surface area contributed by atoms with Gasteiger partial charge in [0.2, 0.25) is 15.9 Å². The average molecular weight is 396 g/mol. The SMILES string of the molecule is CNC(=O)CN1CC2(CCN(C(C)C)CC2)COc2ccccc2S1(=O)=O. The Hall–Kier alpha value is -1.64. The number of piperidine rings is 1. The first-order valence-electron chi connectivity index (χ1n) is 9.44. The van der Waals surface area contributed by atoms with E-state index in [2.05, 4.69) is 24.1 Å². The number of rotatable bonds is 3. The minimum atomic E-state index is -3.82. The molecule has 150 valence electrons. The van der Waals surface area contributed by atoms with Gasteiger partial charge in [-0.2, -0.15) is 4.31 Å². The van der Waals surface area contributed by atoms with Crippen molar-refractivity contribution in [2.75, 3.05) is 39.8 Å². The molecule has 1 aromatic carbocycles. The molecule has 0 aliphatic carbocycles. The van der Waals surface area contributed by atoms with Crippen molar-refractivity contribution < 1.29 is 17.9 Å². The summed E-state index contributed by atoms with van der Waals surface area (Å²) >= 11 is 0. The van der Waals surface area contributed by atoms with Gasteiger partial charge in [-0.1, -0.05) is 12.1 Å². The number of amides is 1. The van der Waals surface area contributed by atoms with E-state index in [-0.39, 0.29) is 22.8 Å². The third-order valence-electron chi connectivity index (χ3n) is 5.70. The van der Waals surface area contributed by atoms with E-state index in [4.69, 9.17) is 4.74 Å². The standard InChI is InChI=1S/C19H29N3O4S/c1-15(2)21-10-8-19(9-11-21)13-22(12-18(23)20-3)27(24,25)17-7-5-4-6-16(17)26-14-19/h4-7,15H,8-14H2,1-3H3,(H,20,23). The molecule has 2 aliphatic heterocycles. The van der Waals surface area contributed by atoms with E-state index in [0.29, 0.717) is 24.9 Å². The summed E-state index contributed by atoms with van der Waals surface area (Å²) in [6.45, 7) is 6.71. The number of ether oxygens (including phenoxy) is 1. The fourth-order valence-corrected chi connectivity index (χ4v) is 5.50. The van der Waals surface area contributed by atoms with Crippen LogP contribution in [0.15, 0.2) is 29.2 Å². The molecule has 0 radical (unpaired) electrons. The first-order valence-corrected chi connectivity index (χ1v) is 10.9. The maximum atomic E-state index is 13.3. The lowest BCUT2D eigenvalue weighted by atomic mass is 9.78. The highest BCUT2D eigenvalue weighted by Crippen LogP contribution is 2.39. The molecule has 1 spiro atoms. The molecule has 2 heterocycles. The topological polar surface area (TPSA) is 79.0 Å². The number of nitrogens with one attached hydrogen (secondary N) is 1. The molecule has 1 N–H and O–H groups in total. The van der Waals surface area contributed by atoms with Crippen molar-refractivity contribution in [1.29, 1.82) is 0 Å². The number of nitrogens with zero attached hydrogens (tertiary/aromatic N) is 2. The van der Waals surface area contributed by atoms with E-state index < -0.39 is 10.0 Å². The Labute approximate surface area is 161 Å². The van der Waals surface area contributed by atoms with Crippen molar-refractivity contribution in [3.8, 4) is 5.75 Å². The molecule has 0 saturated carbocycles.